The highest BCUT2D eigenvalue weighted by Gasteiger charge is 2.37. The molecule has 4 nitrogen and oxygen atoms in total. The predicted molar refractivity (Wildman–Crippen MR) is 73.4 cm³/mol. The minimum atomic E-state index is 0.145. The molecule has 1 aliphatic carbocycles. The molecule has 1 saturated carbocycles. The van der Waals surface area contributed by atoms with Crippen molar-refractivity contribution in [2.24, 2.45) is 11.8 Å². The first-order chi connectivity index (χ1) is 8.55. The van der Waals surface area contributed by atoms with Gasteiger partial charge in [-0.3, -0.25) is 4.79 Å². The van der Waals surface area contributed by atoms with Crippen molar-refractivity contribution in [2.75, 3.05) is 33.7 Å². The fourth-order valence-corrected chi connectivity index (χ4v) is 3.11. The second-order valence-electron chi connectivity index (χ2n) is 6.25. The molecule has 0 bridgehead atoms. The van der Waals surface area contributed by atoms with Crippen LogP contribution in [0.4, 0.5) is 0 Å². The molecule has 2 rings (SSSR count). The number of rotatable bonds is 5. The molecule has 1 heterocycles. The number of carbonyl (C=O) groups is 1. The van der Waals surface area contributed by atoms with Crippen molar-refractivity contribution in [1.29, 1.82) is 0 Å². The molecule has 0 spiro atoms. The van der Waals surface area contributed by atoms with Crippen LogP contribution < -0.4 is 10.6 Å². The van der Waals surface area contributed by atoms with E-state index in [1.807, 2.05) is 0 Å². The van der Waals surface area contributed by atoms with Crippen LogP contribution in [0.3, 0.4) is 0 Å². The average Bonchev–Trinajstić information content (AvgIpc) is 2.73. The largest absolute Gasteiger partial charge is 0.354 e. The summed E-state index contributed by atoms with van der Waals surface area (Å²) in [7, 11) is 4.27. The zero-order valence-electron chi connectivity index (χ0n) is 12.0. The van der Waals surface area contributed by atoms with Gasteiger partial charge in [0.25, 0.3) is 0 Å². The van der Waals surface area contributed by atoms with Gasteiger partial charge in [0.15, 0.2) is 0 Å². The molecule has 0 aromatic heterocycles. The van der Waals surface area contributed by atoms with Crippen LogP contribution in [-0.4, -0.2) is 50.1 Å². The summed E-state index contributed by atoms with van der Waals surface area (Å²) in [4.78, 5) is 14.4. The molecule has 1 unspecified atom stereocenters. The highest BCUT2D eigenvalue weighted by molar-refractivity contribution is 5.78. The van der Waals surface area contributed by atoms with Crippen LogP contribution in [0.5, 0.6) is 0 Å². The summed E-state index contributed by atoms with van der Waals surface area (Å²) in [6.45, 7) is 4.85. The molecular weight excluding hydrogens is 226 g/mol. The standard InChI is InChI=1S/C14H27N3O/c1-11(12-8-15-9-12)13(18)16-10-14(17(2)3)6-4-5-7-14/h11-12,15H,4-10H2,1-3H3,(H,16,18). The molecule has 1 amide bonds. The Morgan fingerprint density at radius 2 is 2.00 bits per heavy atom. The van der Waals surface area contributed by atoms with Gasteiger partial charge in [0.2, 0.25) is 5.91 Å². The van der Waals surface area contributed by atoms with E-state index < -0.39 is 0 Å². The van der Waals surface area contributed by atoms with Gasteiger partial charge in [0, 0.05) is 18.0 Å². The molecule has 0 aromatic carbocycles. The normalized spacial score (nSPS) is 24.9. The molecule has 4 heteroatoms. The van der Waals surface area contributed by atoms with E-state index in [0.717, 1.165) is 19.6 Å². The maximum Gasteiger partial charge on any atom is 0.223 e. The Balaban J connectivity index is 1.83. The Morgan fingerprint density at radius 1 is 1.39 bits per heavy atom. The van der Waals surface area contributed by atoms with E-state index in [9.17, 15) is 4.79 Å². The van der Waals surface area contributed by atoms with Crippen molar-refractivity contribution in [3.05, 3.63) is 0 Å². The molecule has 2 N–H and O–H groups in total. The maximum atomic E-state index is 12.1. The van der Waals surface area contributed by atoms with E-state index >= 15 is 0 Å². The first-order valence-corrected chi connectivity index (χ1v) is 7.21. The van der Waals surface area contributed by atoms with Crippen LogP contribution >= 0.6 is 0 Å². The molecule has 0 radical (unpaired) electrons. The zero-order chi connectivity index (χ0) is 13.2. The molecule has 1 atom stereocenters. The highest BCUT2D eigenvalue weighted by atomic mass is 16.1. The molecule has 104 valence electrons. The molecule has 18 heavy (non-hydrogen) atoms. The monoisotopic (exact) mass is 253 g/mol. The lowest BCUT2D eigenvalue weighted by molar-refractivity contribution is -0.127. The predicted octanol–water partition coefficient (Wildman–Crippen LogP) is 0.833. The third-order valence-corrected chi connectivity index (χ3v) is 5.01. The van der Waals surface area contributed by atoms with Crippen molar-refractivity contribution >= 4 is 5.91 Å². The summed E-state index contributed by atoms with van der Waals surface area (Å²) in [6.07, 6.45) is 4.99. The molecule has 2 fully saturated rings. The topological polar surface area (TPSA) is 44.4 Å². The van der Waals surface area contributed by atoms with Gasteiger partial charge < -0.3 is 15.5 Å². The fraction of sp³-hybridized carbons (Fsp3) is 0.929. The van der Waals surface area contributed by atoms with Gasteiger partial charge in [-0.1, -0.05) is 19.8 Å². The van der Waals surface area contributed by atoms with Crippen molar-refractivity contribution in [3.8, 4) is 0 Å². The Bertz CT molecular complexity index is 293. The van der Waals surface area contributed by atoms with Gasteiger partial charge in [-0.15, -0.1) is 0 Å². The number of nitrogens with one attached hydrogen (secondary N) is 2. The molecular formula is C14H27N3O. The van der Waals surface area contributed by atoms with Crippen molar-refractivity contribution in [3.63, 3.8) is 0 Å². The number of amides is 1. The first-order valence-electron chi connectivity index (χ1n) is 7.21. The second kappa shape index (κ2) is 5.57. The number of hydrogen-bond donors (Lipinski definition) is 2. The van der Waals surface area contributed by atoms with Gasteiger partial charge in [-0.2, -0.15) is 0 Å². The lowest BCUT2D eigenvalue weighted by atomic mass is 9.88. The summed E-state index contributed by atoms with van der Waals surface area (Å²) in [5.41, 5.74) is 0.202. The SMILES string of the molecule is CC(C(=O)NCC1(N(C)C)CCCC1)C1CNC1. The van der Waals surface area contributed by atoms with Crippen LogP contribution in [0.1, 0.15) is 32.6 Å². The number of nitrogens with zero attached hydrogens (tertiary/aromatic N) is 1. The minimum absolute atomic E-state index is 0.145. The van der Waals surface area contributed by atoms with Gasteiger partial charge in [0.1, 0.15) is 0 Å². The van der Waals surface area contributed by atoms with Crippen molar-refractivity contribution in [1.82, 2.24) is 15.5 Å². The smallest absolute Gasteiger partial charge is 0.223 e. The van der Waals surface area contributed by atoms with Gasteiger partial charge >= 0.3 is 0 Å². The lowest BCUT2D eigenvalue weighted by Crippen LogP contribution is -2.54. The first kappa shape index (κ1) is 13.8. The van der Waals surface area contributed by atoms with Crippen molar-refractivity contribution < 1.29 is 4.79 Å². The van der Waals surface area contributed by atoms with Gasteiger partial charge in [0.05, 0.1) is 0 Å². The molecule has 1 saturated heterocycles. The van der Waals surface area contributed by atoms with Crippen LogP contribution in [0.2, 0.25) is 0 Å². The number of carbonyl (C=O) groups excluding carboxylic acids is 1. The summed E-state index contributed by atoms with van der Waals surface area (Å²) in [6, 6.07) is 0. The third kappa shape index (κ3) is 2.69. The van der Waals surface area contributed by atoms with E-state index in [4.69, 9.17) is 0 Å². The Labute approximate surface area is 110 Å². The van der Waals surface area contributed by atoms with E-state index in [2.05, 4.69) is 36.6 Å². The van der Waals surface area contributed by atoms with Crippen LogP contribution in [0, 0.1) is 11.8 Å². The van der Waals surface area contributed by atoms with Crippen LogP contribution in [0.15, 0.2) is 0 Å². The maximum absolute atomic E-state index is 12.1. The van der Waals surface area contributed by atoms with Gasteiger partial charge in [-0.05, 0) is 45.9 Å². The fourth-order valence-electron chi connectivity index (χ4n) is 3.11. The highest BCUT2D eigenvalue weighted by Crippen LogP contribution is 2.33. The molecule has 0 aromatic rings. The van der Waals surface area contributed by atoms with Crippen LogP contribution in [0.25, 0.3) is 0 Å². The molecule has 1 aliphatic heterocycles. The van der Waals surface area contributed by atoms with Crippen LogP contribution in [-0.2, 0) is 4.79 Å². The summed E-state index contributed by atoms with van der Waals surface area (Å²) >= 11 is 0. The second-order valence-corrected chi connectivity index (χ2v) is 6.25. The minimum Gasteiger partial charge on any atom is -0.354 e. The summed E-state index contributed by atoms with van der Waals surface area (Å²) < 4.78 is 0. The van der Waals surface area contributed by atoms with Crippen molar-refractivity contribution in [2.45, 2.75) is 38.1 Å². The average molecular weight is 253 g/mol. The van der Waals surface area contributed by atoms with Gasteiger partial charge in [-0.25, -0.2) is 0 Å². The Kier molecular flexibility index (Phi) is 4.28. The van der Waals surface area contributed by atoms with E-state index in [0.29, 0.717) is 5.92 Å². The number of hydrogen-bond acceptors (Lipinski definition) is 3. The lowest BCUT2D eigenvalue weighted by Gasteiger charge is -2.38. The van der Waals surface area contributed by atoms with E-state index in [1.165, 1.54) is 25.7 Å². The Hall–Kier alpha value is -0.610. The summed E-state index contributed by atoms with van der Waals surface area (Å²) in [5, 5.41) is 6.42. The molecule has 2 aliphatic rings. The number of likely N-dealkylation sites (N-methyl/N-ethyl adjacent to an activating group) is 1. The van der Waals surface area contributed by atoms with E-state index in [1.54, 1.807) is 0 Å². The quantitative estimate of drug-likeness (QED) is 0.763. The zero-order valence-corrected chi connectivity index (χ0v) is 12.0. The van der Waals surface area contributed by atoms with E-state index in [-0.39, 0.29) is 17.4 Å². The Morgan fingerprint density at radius 3 is 2.44 bits per heavy atom. The summed E-state index contributed by atoms with van der Waals surface area (Å²) in [5.74, 6) is 0.908. The third-order valence-electron chi connectivity index (χ3n) is 5.01.